The van der Waals surface area contributed by atoms with Crippen molar-refractivity contribution in [3.05, 3.63) is 35.9 Å². The van der Waals surface area contributed by atoms with Crippen molar-refractivity contribution in [1.82, 2.24) is 0 Å². The summed E-state index contributed by atoms with van der Waals surface area (Å²) >= 11 is 0. The molecule has 1 heterocycles. The maximum Gasteiger partial charge on any atom is 0.189 e. The van der Waals surface area contributed by atoms with E-state index in [-0.39, 0.29) is 19.6 Å². The predicted octanol–water partition coefficient (Wildman–Crippen LogP) is -1.59. The lowest BCUT2D eigenvalue weighted by Gasteiger charge is -2.47. The molecule has 124 valence electrons. The van der Waals surface area contributed by atoms with Crippen molar-refractivity contribution in [3.63, 3.8) is 0 Å². The molecule has 1 fully saturated rings. The third-order valence-electron chi connectivity index (χ3n) is 3.79. The Balaban J connectivity index is 2.25. The maximum absolute atomic E-state index is 10.8. The monoisotopic (exact) mass is 314 g/mol. The van der Waals surface area contributed by atoms with Crippen LogP contribution in [-0.2, 0) is 15.9 Å². The number of hydrogen-bond donors (Lipinski definition) is 5. The Labute approximate surface area is 128 Å². The molecule has 5 atom stereocenters. The summed E-state index contributed by atoms with van der Waals surface area (Å²) < 4.78 is 10.6. The molecule has 0 amide bonds. The number of rotatable bonds is 6. The summed E-state index contributed by atoms with van der Waals surface area (Å²) in [7, 11) is 0. The van der Waals surface area contributed by atoms with Crippen molar-refractivity contribution in [2.45, 2.75) is 36.6 Å². The average Bonchev–Trinajstić information content (AvgIpc) is 2.53. The van der Waals surface area contributed by atoms with Gasteiger partial charge in [-0.25, -0.2) is 0 Å². The van der Waals surface area contributed by atoms with Crippen LogP contribution in [0, 0.1) is 0 Å². The van der Waals surface area contributed by atoms with Gasteiger partial charge < -0.3 is 35.0 Å². The van der Waals surface area contributed by atoms with Crippen LogP contribution in [0.4, 0.5) is 0 Å². The smallest absolute Gasteiger partial charge is 0.189 e. The van der Waals surface area contributed by atoms with E-state index in [1.54, 1.807) is 24.3 Å². The lowest BCUT2D eigenvalue weighted by molar-refractivity contribution is -0.341. The summed E-state index contributed by atoms with van der Waals surface area (Å²) in [6, 6.07) is 8.91. The number of hydrogen-bond acceptors (Lipinski definition) is 7. The average molecular weight is 314 g/mol. The van der Waals surface area contributed by atoms with Gasteiger partial charge in [0.2, 0.25) is 0 Å². The first-order valence-electron chi connectivity index (χ1n) is 7.14. The van der Waals surface area contributed by atoms with Crippen LogP contribution in [0.5, 0.6) is 0 Å². The second kappa shape index (κ2) is 7.47. The van der Waals surface area contributed by atoms with Crippen LogP contribution in [0.3, 0.4) is 0 Å². The fraction of sp³-hybridized carbons (Fsp3) is 0.600. The van der Waals surface area contributed by atoms with Crippen LogP contribution in [0.15, 0.2) is 30.3 Å². The van der Waals surface area contributed by atoms with Gasteiger partial charge in [-0.3, -0.25) is 0 Å². The SMILES string of the molecule is OCCO[C@H]1O[C@H](CO)[C@@H](O)[C@H](O)[C@]1(O)Cc1ccccc1. The predicted molar refractivity (Wildman–Crippen MR) is 75.9 cm³/mol. The van der Waals surface area contributed by atoms with Crippen molar-refractivity contribution < 1.29 is 35.0 Å². The minimum Gasteiger partial charge on any atom is -0.394 e. The highest BCUT2D eigenvalue weighted by molar-refractivity contribution is 5.19. The molecule has 1 aromatic carbocycles. The molecule has 0 aliphatic carbocycles. The molecular weight excluding hydrogens is 292 g/mol. The molecule has 0 spiro atoms. The van der Waals surface area contributed by atoms with E-state index in [2.05, 4.69) is 0 Å². The molecular formula is C15H22O7. The summed E-state index contributed by atoms with van der Waals surface area (Å²) in [5.74, 6) is 0. The lowest BCUT2D eigenvalue weighted by Crippen LogP contribution is -2.68. The Hall–Kier alpha value is -1.06. The second-order valence-corrected chi connectivity index (χ2v) is 5.37. The zero-order valence-electron chi connectivity index (χ0n) is 12.1. The largest absolute Gasteiger partial charge is 0.394 e. The molecule has 2 rings (SSSR count). The summed E-state index contributed by atoms with van der Waals surface area (Å²) in [6.45, 7) is -0.926. The van der Waals surface area contributed by atoms with Crippen LogP contribution < -0.4 is 0 Å². The van der Waals surface area contributed by atoms with Crippen molar-refractivity contribution in [3.8, 4) is 0 Å². The van der Waals surface area contributed by atoms with Gasteiger partial charge in [-0.05, 0) is 5.56 Å². The molecule has 1 aromatic rings. The van der Waals surface area contributed by atoms with Crippen LogP contribution in [0.2, 0.25) is 0 Å². The Bertz CT molecular complexity index is 454. The van der Waals surface area contributed by atoms with E-state index in [0.29, 0.717) is 0 Å². The Kier molecular flexibility index (Phi) is 5.87. The molecule has 0 unspecified atom stereocenters. The van der Waals surface area contributed by atoms with Crippen LogP contribution in [-0.4, -0.2) is 75.6 Å². The zero-order valence-corrected chi connectivity index (χ0v) is 12.1. The summed E-state index contributed by atoms with van der Waals surface area (Å²) in [4.78, 5) is 0. The molecule has 22 heavy (non-hydrogen) atoms. The van der Waals surface area contributed by atoms with Gasteiger partial charge in [-0.1, -0.05) is 30.3 Å². The number of ether oxygens (including phenoxy) is 2. The number of benzene rings is 1. The first-order valence-corrected chi connectivity index (χ1v) is 7.14. The molecule has 7 nitrogen and oxygen atoms in total. The number of aliphatic hydroxyl groups excluding tert-OH is 4. The third kappa shape index (κ3) is 3.47. The molecule has 0 aromatic heterocycles. The number of aliphatic hydroxyl groups is 5. The van der Waals surface area contributed by atoms with E-state index in [4.69, 9.17) is 14.6 Å². The van der Waals surface area contributed by atoms with E-state index in [1.807, 2.05) is 6.07 Å². The molecule has 7 heteroatoms. The van der Waals surface area contributed by atoms with Crippen LogP contribution >= 0.6 is 0 Å². The second-order valence-electron chi connectivity index (χ2n) is 5.37. The minimum absolute atomic E-state index is 0.0136. The standard InChI is InChI=1S/C15H22O7/c16-6-7-21-14-15(20,8-10-4-2-1-3-5-10)13(19)12(18)11(9-17)22-14/h1-5,11-14,16-20H,6-9H2/t11-,12-,13+,14+,15-/m1/s1. The van der Waals surface area contributed by atoms with Crippen molar-refractivity contribution in [2.24, 2.45) is 0 Å². The van der Waals surface area contributed by atoms with Crippen LogP contribution in [0.25, 0.3) is 0 Å². The first-order chi connectivity index (χ1) is 10.5. The Morgan fingerprint density at radius 3 is 2.41 bits per heavy atom. The summed E-state index contributed by atoms with van der Waals surface area (Å²) in [5.41, 5.74) is -1.18. The molecule has 1 saturated heterocycles. The van der Waals surface area contributed by atoms with Gasteiger partial charge in [0, 0.05) is 6.42 Å². The molecule has 5 N–H and O–H groups in total. The van der Waals surface area contributed by atoms with Gasteiger partial charge in [0.15, 0.2) is 6.29 Å². The molecule has 0 radical (unpaired) electrons. The van der Waals surface area contributed by atoms with Gasteiger partial charge in [-0.2, -0.15) is 0 Å². The fourth-order valence-corrected chi connectivity index (χ4v) is 2.60. The van der Waals surface area contributed by atoms with Gasteiger partial charge >= 0.3 is 0 Å². The maximum atomic E-state index is 10.8. The summed E-state index contributed by atoms with van der Waals surface area (Å²) in [5, 5.41) is 49.2. The van der Waals surface area contributed by atoms with E-state index in [9.17, 15) is 20.4 Å². The van der Waals surface area contributed by atoms with Crippen molar-refractivity contribution in [2.75, 3.05) is 19.8 Å². The molecule has 1 aliphatic heterocycles. The van der Waals surface area contributed by atoms with Gasteiger partial charge in [0.1, 0.15) is 23.9 Å². The highest BCUT2D eigenvalue weighted by Crippen LogP contribution is 2.33. The fourth-order valence-electron chi connectivity index (χ4n) is 2.60. The highest BCUT2D eigenvalue weighted by atomic mass is 16.7. The zero-order chi connectivity index (χ0) is 16.2. The van der Waals surface area contributed by atoms with Crippen molar-refractivity contribution in [1.29, 1.82) is 0 Å². The van der Waals surface area contributed by atoms with E-state index in [0.717, 1.165) is 5.56 Å². The van der Waals surface area contributed by atoms with Gasteiger partial charge in [0.25, 0.3) is 0 Å². The van der Waals surface area contributed by atoms with Gasteiger partial charge in [0.05, 0.1) is 19.8 Å². The van der Waals surface area contributed by atoms with Gasteiger partial charge in [-0.15, -0.1) is 0 Å². The Morgan fingerprint density at radius 2 is 1.82 bits per heavy atom. The molecule has 0 bridgehead atoms. The molecule has 0 saturated carbocycles. The minimum atomic E-state index is -1.90. The van der Waals surface area contributed by atoms with E-state index < -0.39 is 36.8 Å². The Morgan fingerprint density at radius 1 is 1.14 bits per heavy atom. The van der Waals surface area contributed by atoms with E-state index in [1.165, 1.54) is 0 Å². The third-order valence-corrected chi connectivity index (χ3v) is 3.79. The quantitative estimate of drug-likeness (QED) is 0.429. The van der Waals surface area contributed by atoms with Crippen LogP contribution in [0.1, 0.15) is 5.56 Å². The molecule has 1 aliphatic rings. The van der Waals surface area contributed by atoms with Crippen molar-refractivity contribution >= 4 is 0 Å². The highest BCUT2D eigenvalue weighted by Gasteiger charge is 2.55. The van der Waals surface area contributed by atoms with E-state index >= 15 is 0 Å². The first kappa shape index (κ1) is 17.3. The normalized spacial score (nSPS) is 35.5. The summed E-state index contributed by atoms with van der Waals surface area (Å²) in [6.07, 6.45) is -5.39. The lowest BCUT2D eigenvalue weighted by atomic mass is 9.82. The topological polar surface area (TPSA) is 120 Å².